The molecule has 5 nitrogen and oxygen atoms in total. The Bertz CT molecular complexity index is 982. The van der Waals surface area contributed by atoms with Gasteiger partial charge in [-0.15, -0.1) is 0 Å². The molecule has 0 saturated carbocycles. The van der Waals surface area contributed by atoms with Gasteiger partial charge in [0.1, 0.15) is 17.5 Å². The number of anilines is 1. The number of quaternary nitrogens is 1. The van der Waals surface area contributed by atoms with E-state index < -0.39 is 0 Å². The van der Waals surface area contributed by atoms with Gasteiger partial charge in [-0.3, -0.25) is 0 Å². The minimum absolute atomic E-state index is 0.322. The second-order valence-electron chi connectivity index (χ2n) is 7.90. The first-order valence-electron chi connectivity index (χ1n) is 10.9. The molecular formula is C26H30N3O2S+. The number of nitrogens with zero attached hydrogens (tertiary/aromatic N) is 1. The van der Waals surface area contributed by atoms with Crippen molar-refractivity contribution in [1.82, 2.24) is 4.90 Å². The summed E-state index contributed by atoms with van der Waals surface area (Å²) in [6.07, 6.45) is 0. The van der Waals surface area contributed by atoms with Crippen LogP contribution in [0.5, 0.6) is 11.5 Å². The Morgan fingerprint density at radius 1 is 0.875 bits per heavy atom. The molecule has 166 valence electrons. The van der Waals surface area contributed by atoms with E-state index in [4.69, 9.17) is 21.7 Å². The lowest BCUT2D eigenvalue weighted by molar-refractivity contribution is -0.929. The van der Waals surface area contributed by atoms with Gasteiger partial charge in [0, 0.05) is 17.2 Å². The topological polar surface area (TPSA) is 38.2 Å². The van der Waals surface area contributed by atoms with Crippen LogP contribution in [0.15, 0.2) is 78.9 Å². The molecule has 32 heavy (non-hydrogen) atoms. The van der Waals surface area contributed by atoms with E-state index in [1.165, 1.54) is 11.1 Å². The van der Waals surface area contributed by atoms with E-state index in [-0.39, 0.29) is 0 Å². The Morgan fingerprint density at radius 3 is 2.00 bits per heavy atom. The van der Waals surface area contributed by atoms with Gasteiger partial charge >= 0.3 is 0 Å². The van der Waals surface area contributed by atoms with Crippen molar-refractivity contribution in [1.29, 1.82) is 0 Å². The molecule has 0 amide bonds. The van der Waals surface area contributed by atoms with Crippen LogP contribution in [0, 0.1) is 0 Å². The van der Waals surface area contributed by atoms with Gasteiger partial charge < -0.3 is 24.6 Å². The minimum atomic E-state index is 0.322. The van der Waals surface area contributed by atoms with Crippen molar-refractivity contribution in [2.75, 3.05) is 45.7 Å². The van der Waals surface area contributed by atoms with E-state index in [2.05, 4.69) is 70.9 Å². The summed E-state index contributed by atoms with van der Waals surface area (Å²) in [5.74, 6) is 1.47. The highest BCUT2D eigenvalue weighted by molar-refractivity contribution is 7.80. The number of rotatable bonds is 6. The zero-order valence-corrected chi connectivity index (χ0v) is 19.4. The maximum Gasteiger partial charge on any atom is 0.173 e. The second-order valence-corrected chi connectivity index (χ2v) is 8.28. The number of methoxy groups -OCH3 is 2. The Hall–Kier alpha value is -3.09. The van der Waals surface area contributed by atoms with Crippen molar-refractivity contribution in [2.24, 2.45) is 0 Å². The van der Waals surface area contributed by atoms with E-state index in [0.29, 0.717) is 11.8 Å². The van der Waals surface area contributed by atoms with Crippen LogP contribution >= 0.6 is 12.2 Å². The van der Waals surface area contributed by atoms with E-state index >= 15 is 0 Å². The molecule has 0 atom stereocenters. The fraction of sp³-hybridized carbons (Fsp3) is 0.269. The van der Waals surface area contributed by atoms with Gasteiger partial charge in [0.15, 0.2) is 5.11 Å². The number of ether oxygens (including phenoxy) is 2. The standard InChI is InChI=1S/C26H29N3O2S/c1-30-22-13-14-23(24(19-22)31-2)27-26(32)29-17-15-28(16-18-29)25(20-9-5-3-6-10-20)21-11-7-4-8-12-21/h3-14,19,25H,15-18H2,1-2H3,(H,27,32)/p+1. The quantitative estimate of drug-likeness (QED) is 0.566. The molecular weight excluding hydrogens is 418 g/mol. The molecule has 0 aromatic heterocycles. The van der Waals surface area contributed by atoms with Gasteiger partial charge in [0.2, 0.25) is 0 Å². The third kappa shape index (κ3) is 5.03. The lowest BCUT2D eigenvalue weighted by Gasteiger charge is -2.38. The van der Waals surface area contributed by atoms with Gasteiger partial charge in [0.05, 0.1) is 46.1 Å². The van der Waals surface area contributed by atoms with Crippen molar-refractivity contribution in [2.45, 2.75) is 6.04 Å². The smallest absolute Gasteiger partial charge is 0.173 e. The molecule has 3 aromatic rings. The molecule has 0 aliphatic carbocycles. The largest absolute Gasteiger partial charge is 0.497 e. The fourth-order valence-electron chi connectivity index (χ4n) is 4.34. The Labute approximate surface area is 195 Å². The van der Waals surface area contributed by atoms with Crippen molar-refractivity contribution < 1.29 is 14.4 Å². The van der Waals surface area contributed by atoms with Gasteiger partial charge in [-0.2, -0.15) is 0 Å². The third-order valence-corrected chi connectivity index (χ3v) is 6.38. The minimum Gasteiger partial charge on any atom is -0.497 e. The third-order valence-electron chi connectivity index (χ3n) is 6.02. The average molecular weight is 449 g/mol. The van der Waals surface area contributed by atoms with Crippen LogP contribution in [0.25, 0.3) is 0 Å². The molecule has 1 aliphatic rings. The molecule has 1 aliphatic heterocycles. The molecule has 2 N–H and O–H groups in total. The van der Waals surface area contributed by atoms with Crippen LogP contribution in [-0.2, 0) is 0 Å². The molecule has 6 heteroatoms. The van der Waals surface area contributed by atoms with E-state index in [0.717, 1.165) is 42.7 Å². The van der Waals surface area contributed by atoms with Gasteiger partial charge in [-0.25, -0.2) is 0 Å². The first-order valence-corrected chi connectivity index (χ1v) is 11.3. The van der Waals surface area contributed by atoms with Crippen LogP contribution in [0.3, 0.4) is 0 Å². The number of piperazine rings is 1. The van der Waals surface area contributed by atoms with Crippen LogP contribution in [0.2, 0.25) is 0 Å². The SMILES string of the molecule is COc1ccc(NC(=S)N2CC[NH+](C(c3ccccc3)c3ccccc3)CC2)c(OC)c1. The molecule has 0 unspecified atom stereocenters. The van der Waals surface area contributed by atoms with Crippen molar-refractivity contribution in [3.63, 3.8) is 0 Å². The normalized spacial score (nSPS) is 14.3. The number of thiocarbonyl (C=S) groups is 1. The molecule has 0 bridgehead atoms. The van der Waals surface area contributed by atoms with Gasteiger partial charge in [0.25, 0.3) is 0 Å². The number of benzene rings is 3. The molecule has 3 aromatic carbocycles. The predicted octanol–water partition coefficient (Wildman–Crippen LogP) is 3.39. The maximum atomic E-state index is 5.73. The number of nitrogens with one attached hydrogen (secondary N) is 2. The van der Waals surface area contributed by atoms with Gasteiger partial charge in [-0.1, -0.05) is 60.7 Å². The monoisotopic (exact) mass is 448 g/mol. The summed E-state index contributed by atoms with van der Waals surface area (Å²) in [6.45, 7) is 3.82. The van der Waals surface area contributed by atoms with E-state index in [1.54, 1.807) is 19.1 Å². The molecule has 0 radical (unpaired) electrons. The number of hydrogen-bond donors (Lipinski definition) is 2. The van der Waals surface area contributed by atoms with Crippen molar-refractivity contribution >= 4 is 23.0 Å². The highest BCUT2D eigenvalue weighted by atomic mass is 32.1. The van der Waals surface area contributed by atoms with Crippen molar-refractivity contribution in [3.8, 4) is 11.5 Å². The maximum absolute atomic E-state index is 5.73. The van der Waals surface area contributed by atoms with Crippen LogP contribution < -0.4 is 19.7 Å². The summed E-state index contributed by atoms with van der Waals surface area (Å²) in [5.41, 5.74) is 3.55. The summed E-state index contributed by atoms with van der Waals surface area (Å²) >= 11 is 5.73. The van der Waals surface area contributed by atoms with E-state index in [9.17, 15) is 0 Å². The summed E-state index contributed by atoms with van der Waals surface area (Å²) in [7, 11) is 3.30. The average Bonchev–Trinajstić information content (AvgIpc) is 2.86. The molecule has 1 saturated heterocycles. The molecule has 0 spiro atoms. The first-order chi connectivity index (χ1) is 15.7. The summed E-state index contributed by atoms with van der Waals surface area (Å²) in [4.78, 5) is 3.80. The highest BCUT2D eigenvalue weighted by Gasteiger charge is 2.30. The van der Waals surface area contributed by atoms with Crippen molar-refractivity contribution in [3.05, 3.63) is 90.0 Å². The molecule has 4 rings (SSSR count). The fourth-order valence-corrected chi connectivity index (χ4v) is 4.63. The van der Waals surface area contributed by atoms with Crippen LogP contribution in [-0.4, -0.2) is 50.4 Å². The highest BCUT2D eigenvalue weighted by Crippen LogP contribution is 2.29. The molecule has 1 heterocycles. The van der Waals surface area contributed by atoms with E-state index in [1.807, 2.05) is 18.2 Å². The Kier molecular flexibility index (Phi) is 7.24. The lowest BCUT2D eigenvalue weighted by atomic mass is 9.96. The summed E-state index contributed by atoms with van der Waals surface area (Å²) in [6, 6.07) is 27.6. The van der Waals surface area contributed by atoms with Gasteiger partial charge in [-0.05, 0) is 24.4 Å². The Morgan fingerprint density at radius 2 is 1.47 bits per heavy atom. The van der Waals surface area contributed by atoms with Crippen LogP contribution in [0.1, 0.15) is 17.2 Å². The summed E-state index contributed by atoms with van der Waals surface area (Å²) < 4.78 is 10.8. The zero-order valence-electron chi connectivity index (χ0n) is 18.6. The van der Waals surface area contributed by atoms with Crippen LogP contribution in [0.4, 0.5) is 5.69 Å². The summed E-state index contributed by atoms with van der Waals surface area (Å²) in [5, 5.41) is 4.08. The molecule has 1 fully saturated rings. The zero-order chi connectivity index (χ0) is 22.3. The Balaban J connectivity index is 1.44. The lowest BCUT2D eigenvalue weighted by Crippen LogP contribution is -3.15. The first kappa shape index (κ1) is 22.1. The second kappa shape index (κ2) is 10.5. The predicted molar refractivity (Wildman–Crippen MR) is 133 cm³/mol. The number of hydrogen-bond acceptors (Lipinski definition) is 3.